The van der Waals surface area contributed by atoms with Crippen molar-refractivity contribution in [1.82, 2.24) is 9.55 Å². The molecule has 0 spiro atoms. The molecule has 0 aromatic carbocycles. The maximum absolute atomic E-state index is 5.39. The predicted molar refractivity (Wildman–Crippen MR) is 49.7 cm³/mol. The van der Waals surface area contributed by atoms with Gasteiger partial charge in [0.25, 0.3) is 0 Å². The van der Waals surface area contributed by atoms with Gasteiger partial charge in [0.1, 0.15) is 0 Å². The Hall–Kier alpha value is -0.830. The van der Waals surface area contributed by atoms with Gasteiger partial charge in [-0.1, -0.05) is 12.8 Å². The highest BCUT2D eigenvalue weighted by Crippen LogP contribution is 2.00. The first-order valence-electron chi connectivity index (χ1n) is 4.59. The Morgan fingerprint density at radius 3 is 2.67 bits per heavy atom. The molecule has 1 aromatic heterocycles. The highest BCUT2D eigenvalue weighted by Gasteiger charge is 1.90. The summed E-state index contributed by atoms with van der Waals surface area (Å²) in [7, 11) is 0. The summed E-state index contributed by atoms with van der Waals surface area (Å²) in [5.41, 5.74) is 5.39. The lowest BCUT2D eigenvalue weighted by molar-refractivity contribution is 0.574. The first-order valence-corrected chi connectivity index (χ1v) is 4.59. The molecule has 1 aromatic rings. The number of rotatable bonds is 6. The lowest BCUT2D eigenvalue weighted by Gasteiger charge is -2.00. The Morgan fingerprint density at radius 2 is 2.00 bits per heavy atom. The number of hydrogen-bond donors (Lipinski definition) is 1. The Morgan fingerprint density at radius 1 is 1.17 bits per heavy atom. The maximum Gasteiger partial charge on any atom is 0.0945 e. The third-order valence-corrected chi connectivity index (χ3v) is 1.93. The second kappa shape index (κ2) is 5.77. The van der Waals surface area contributed by atoms with E-state index in [1.54, 1.807) is 0 Å². The van der Waals surface area contributed by atoms with E-state index in [2.05, 4.69) is 9.55 Å². The average Bonchev–Trinajstić information content (AvgIpc) is 2.57. The summed E-state index contributed by atoms with van der Waals surface area (Å²) in [4.78, 5) is 3.98. The van der Waals surface area contributed by atoms with Gasteiger partial charge < -0.3 is 10.3 Å². The number of imidazole rings is 1. The highest BCUT2D eigenvalue weighted by atomic mass is 15.0. The van der Waals surface area contributed by atoms with Crippen LogP contribution in [-0.2, 0) is 6.54 Å². The molecule has 0 atom stereocenters. The molecule has 0 fully saturated rings. The van der Waals surface area contributed by atoms with E-state index in [9.17, 15) is 0 Å². The standard InChI is InChI=1S/C9H17N3/c10-5-3-1-2-4-7-12-8-6-11-9-12/h6,8-9H,1-5,7,10H2. The first kappa shape index (κ1) is 9.26. The van der Waals surface area contributed by atoms with E-state index in [1.807, 2.05) is 18.7 Å². The molecule has 2 N–H and O–H groups in total. The summed E-state index contributed by atoms with van der Waals surface area (Å²) < 4.78 is 2.11. The molecule has 12 heavy (non-hydrogen) atoms. The van der Waals surface area contributed by atoms with E-state index in [0.717, 1.165) is 19.5 Å². The van der Waals surface area contributed by atoms with Crippen molar-refractivity contribution >= 4 is 0 Å². The van der Waals surface area contributed by atoms with Crippen LogP contribution in [0.15, 0.2) is 18.7 Å². The second-order valence-electron chi connectivity index (χ2n) is 3.00. The van der Waals surface area contributed by atoms with Crippen LogP contribution in [0.5, 0.6) is 0 Å². The number of aromatic nitrogens is 2. The Labute approximate surface area is 73.6 Å². The topological polar surface area (TPSA) is 43.8 Å². The smallest absolute Gasteiger partial charge is 0.0945 e. The second-order valence-corrected chi connectivity index (χ2v) is 3.00. The molecular weight excluding hydrogens is 150 g/mol. The summed E-state index contributed by atoms with van der Waals surface area (Å²) in [5, 5.41) is 0. The Balaban J connectivity index is 1.96. The largest absolute Gasteiger partial charge is 0.337 e. The van der Waals surface area contributed by atoms with E-state index >= 15 is 0 Å². The zero-order valence-electron chi connectivity index (χ0n) is 7.45. The van der Waals surface area contributed by atoms with Crippen molar-refractivity contribution in [2.75, 3.05) is 6.54 Å². The molecule has 0 aliphatic heterocycles. The fourth-order valence-corrected chi connectivity index (χ4v) is 1.21. The monoisotopic (exact) mass is 167 g/mol. The number of nitrogens with two attached hydrogens (primary N) is 1. The fraction of sp³-hybridized carbons (Fsp3) is 0.667. The van der Waals surface area contributed by atoms with E-state index in [0.29, 0.717) is 0 Å². The van der Waals surface area contributed by atoms with Gasteiger partial charge in [-0.05, 0) is 19.4 Å². The highest BCUT2D eigenvalue weighted by molar-refractivity contribution is 4.73. The molecule has 1 heterocycles. The van der Waals surface area contributed by atoms with Gasteiger partial charge in [0.05, 0.1) is 6.33 Å². The molecule has 3 nitrogen and oxygen atoms in total. The van der Waals surface area contributed by atoms with E-state index < -0.39 is 0 Å². The first-order chi connectivity index (χ1) is 5.93. The van der Waals surface area contributed by atoms with Crippen molar-refractivity contribution in [3.05, 3.63) is 18.7 Å². The molecule has 0 amide bonds. The Bertz CT molecular complexity index is 182. The Kier molecular flexibility index (Phi) is 4.46. The molecule has 3 heteroatoms. The zero-order valence-corrected chi connectivity index (χ0v) is 7.45. The molecule has 0 bridgehead atoms. The van der Waals surface area contributed by atoms with E-state index in [4.69, 9.17) is 5.73 Å². The lowest BCUT2D eigenvalue weighted by Crippen LogP contribution is -1.99. The third-order valence-electron chi connectivity index (χ3n) is 1.93. The van der Waals surface area contributed by atoms with Crippen LogP contribution in [-0.4, -0.2) is 16.1 Å². The van der Waals surface area contributed by atoms with Gasteiger partial charge >= 0.3 is 0 Å². The van der Waals surface area contributed by atoms with E-state index in [1.165, 1.54) is 19.3 Å². The van der Waals surface area contributed by atoms with Gasteiger partial charge in [0.2, 0.25) is 0 Å². The lowest BCUT2D eigenvalue weighted by atomic mass is 10.2. The summed E-state index contributed by atoms with van der Waals surface area (Å²) in [6.07, 6.45) is 10.6. The number of unbranched alkanes of at least 4 members (excludes halogenated alkanes) is 3. The maximum atomic E-state index is 5.39. The van der Waals surface area contributed by atoms with Crippen LogP contribution in [0.4, 0.5) is 0 Å². The summed E-state index contributed by atoms with van der Waals surface area (Å²) in [6.45, 7) is 1.91. The molecule has 0 saturated heterocycles. The van der Waals surface area contributed by atoms with Crippen LogP contribution < -0.4 is 5.73 Å². The van der Waals surface area contributed by atoms with Crippen LogP contribution in [0.25, 0.3) is 0 Å². The number of aryl methyl sites for hydroxylation is 1. The van der Waals surface area contributed by atoms with Crippen molar-refractivity contribution in [2.45, 2.75) is 32.2 Å². The van der Waals surface area contributed by atoms with Gasteiger partial charge in [0, 0.05) is 18.9 Å². The van der Waals surface area contributed by atoms with Gasteiger partial charge in [0.15, 0.2) is 0 Å². The molecule has 68 valence electrons. The molecule has 0 unspecified atom stereocenters. The molecule has 0 saturated carbocycles. The van der Waals surface area contributed by atoms with Crippen molar-refractivity contribution < 1.29 is 0 Å². The number of nitrogens with zero attached hydrogens (tertiary/aromatic N) is 2. The summed E-state index contributed by atoms with van der Waals surface area (Å²) in [5.74, 6) is 0. The van der Waals surface area contributed by atoms with Gasteiger partial charge in [-0.3, -0.25) is 0 Å². The SMILES string of the molecule is NCCCCCCn1ccnc1. The number of hydrogen-bond acceptors (Lipinski definition) is 2. The van der Waals surface area contributed by atoms with Gasteiger partial charge in [-0.2, -0.15) is 0 Å². The molecule has 0 radical (unpaired) electrons. The van der Waals surface area contributed by atoms with Crippen molar-refractivity contribution in [3.8, 4) is 0 Å². The normalized spacial score (nSPS) is 10.4. The zero-order chi connectivity index (χ0) is 8.65. The third kappa shape index (κ3) is 3.53. The predicted octanol–water partition coefficient (Wildman–Crippen LogP) is 1.40. The molecule has 0 aliphatic rings. The molecular formula is C9H17N3. The van der Waals surface area contributed by atoms with Crippen LogP contribution in [0.3, 0.4) is 0 Å². The van der Waals surface area contributed by atoms with Crippen molar-refractivity contribution in [3.63, 3.8) is 0 Å². The minimum absolute atomic E-state index is 0.824. The average molecular weight is 167 g/mol. The minimum atomic E-state index is 0.824. The van der Waals surface area contributed by atoms with Crippen LogP contribution >= 0.6 is 0 Å². The van der Waals surface area contributed by atoms with Crippen LogP contribution in [0.2, 0.25) is 0 Å². The fourth-order valence-electron chi connectivity index (χ4n) is 1.21. The van der Waals surface area contributed by atoms with Crippen LogP contribution in [0, 0.1) is 0 Å². The summed E-state index contributed by atoms with van der Waals surface area (Å²) in [6, 6.07) is 0. The molecule has 1 rings (SSSR count). The quantitative estimate of drug-likeness (QED) is 0.651. The summed E-state index contributed by atoms with van der Waals surface area (Å²) >= 11 is 0. The minimum Gasteiger partial charge on any atom is -0.337 e. The van der Waals surface area contributed by atoms with Gasteiger partial charge in [-0.15, -0.1) is 0 Å². The van der Waals surface area contributed by atoms with Crippen LogP contribution in [0.1, 0.15) is 25.7 Å². The van der Waals surface area contributed by atoms with Gasteiger partial charge in [-0.25, -0.2) is 4.98 Å². The van der Waals surface area contributed by atoms with Crippen molar-refractivity contribution in [2.24, 2.45) is 5.73 Å². The van der Waals surface area contributed by atoms with E-state index in [-0.39, 0.29) is 0 Å². The van der Waals surface area contributed by atoms with Crippen molar-refractivity contribution in [1.29, 1.82) is 0 Å². The molecule has 0 aliphatic carbocycles.